The Balaban J connectivity index is 1.53. The molecule has 1 amide bonds. The lowest BCUT2D eigenvalue weighted by Gasteiger charge is -2.06. The molecule has 0 bridgehead atoms. The summed E-state index contributed by atoms with van der Waals surface area (Å²) < 4.78 is 12.8. The fraction of sp³-hybridized carbons (Fsp3) is 0.0526. The van der Waals surface area contributed by atoms with Gasteiger partial charge in [0, 0.05) is 4.88 Å². The van der Waals surface area contributed by atoms with Gasteiger partial charge in [0.05, 0.1) is 22.5 Å². The molecule has 0 atom stereocenters. The van der Waals surface area contributed by atoms with Gasteiger partial charge in [0.25, 0.3) is 5.91 Å². The molecule has 132 valence electrons. The molecule has 0 aliphatic carbocycles. The SMILES string of the molecule is Nc1ccccc1NC(=O)c1ccc(CON=Cc2ccc(F)cc2)s1. The first-order chi connectivity index (χ1) is 12.6. The van der Waals surface area contributed by atoms with Gasteiger partial charge in [-0.1, -0.05) is 29.4 Å². The van der Waals surface area contributed by atoms with Crippen LogP contribution < -0.4 is 11.1 Å². The van der Waals surface area contributed by atoms with Gasteiger partial charge in [0.15, 0.2) is 6.61 Å². The molecule has 3 aromatic rings. The number of carbonyl (C=O) groups excluding carboxylic acids is 1. The minimum atomic E-state index is -0.301. The molecule has 0 aliphatic rings. The Bertz CT molecular complexity index is 923. The van der Waals surface area contributed by atoms with Crippen LogP contribution in [0.1, 0.15) is 20.1 Å². The number of anilines is 2. The van der Waals surface area contributed by atoms with Crippen molar-refractivity contribution in [2.75, 3.05) is 11.1 Å². The summed E-state index contributed by atoms with van der Waals surface area (Å²) in [6.45, 7) is 0.239. The van der Waals surface area contributed by atoms with E-state index in [1.165, 1.54) is 29.7 Å². The van der Waals surface area contributed by atoms with E-state index in [1.54, 1.807) is 48.5 Å². The average Bonchev–Trinajstić information content (AvgIpc) is 3.11. The summed E-state index contributed by atoms with van der Waals surface area (Å²) >= 11 is 1.31. The van der Waals surface area contributed by atoms with Gasteiger partial charge in [-0.25, -0.2) is 4.39 Å². The maximum absolute atomic E-state index is 12.8. The standard InChI is InChI=1S/C19H16FN3O2S/c20-14-7-5-13(6-8-14)11-22-25-12-15-9-10-18(26-15)19(24)23-17-4-2-1-3-16(17)21/h1-11H,12,21H2,(H,23,24). The lowest BCUT2D eigenvalue weighted by Crippen LogP contribution is -2.11. The van der Waals surface area contributed by atoms with Crippen molar-refractivity contribution in [1.29, 1.82) is 0 Å². The third-order valence-electron chi connectivity index (χ3n) is 3.45. The van der Waals surface area contributed by atoms with Gasteiger partial charge in [-0.3, -0.25) is 4.79 Å². The number of rotatable bonds is 6. The smallest absolute Gasteiger partial charge is 0.265 e. The number of hydrogen-bond donors (Lipinski definition) is 2. The Hall–Kier alpha value is -3.19. The second-order valence-corrected chi connectivity index (χ2v) is 6.54. The zero-order chi connectivity index (χ0) is 18.4. The van der Waals surface area contributed by atoms with Gasteiger partial charge < -0.3 is 15.9 Å². The first kappa shape index (κ1) is 17.6. The molecule has 1 aromatic heterocycles. The van der Waals surface area contributed by atoms with Crippen molar-refractivity contribution >= 4 is 34.8 Å². The van der Waals surface area contributed by atoms with Crippen LogP contribution in [0.25, 0.3) is 0 Å². The molecule has 3 rings (SSSR count). The van der Waals surface area contributed by atoms with Gasteiger partial charge in [-0.05, 0) is 42.0 Å². The number of para-hydroxylation sites is 2. The number of nitrogens with two attached hydrogens (primary N) is 1. The zero-order valence-electron chi connectivity index (χ0n) is 13.7. The van der Waals surface area contributed by atoms with Crippen LogP contribution in [0.5, 0.6) is 0 Å². The van der Waals surface area contributed by atoms with Crippen molar-refractivity contribution in [3.63, 3.8) is 0 Å². The molecule has 7 heteroatoms. The largest absolute Gasteiger partial charge is 0.397 e. The molecular weight excluding hydrogens is 353 g/mol. The molecule has 0 saturated heterocycles. The Kier molecular flexibility index (Phi) is 5.60. The van der Waals surface area contributed by atoms with Crippen LogP contribution in [-0.2, 0) is 11.4 Å². The molecule has 0 spiro atoms. The molecule has 0 radical (unpaired) electrons. The molecule has 5 nitrogen and oxygen atoms in total. The number of benzene rings is 2. The summed E-state index contributed by atoms with van der Waals surface area (Å²) in [5, 5.41) is 6.62. The van der Waals surface area contributed by atoms with Crippen LogP contribution >= 0.6 is 11.3 Å². The number of amides is 1. The average molecular weight is 369 g/mol. The summed E-state index contributed by atoms with van der Waals surface area (Å²) in [5.74, 6) is -0.529. The lowest BCUT2D eigenvalue weighted by atomic mass is 10.2. The quantitative estimate of drug-likeness (QED) is 0.387. The second kappa shape index (κ2) is 8.26. The van der Waals surface area contributed by atoms with E-state index in [2.05, 4.69) is 10.5 Å². The monoisotopic (exact) mass is 369 g/mol. The van der Waals surface area contributed by atoms with Crippen LogP contribution in [0.4, 0.5) is 15.8 Å². The van der Waals surface area contributed by atoms with Crippen molar-refractivity contribution in [3.05, 3.63) is 81.8 Å². The van der Waals surface area contributed by atoms with Crippen molar-refractivity contribution in [1.82, 2.24) is 0 Å². The van der Waals surface area contributed by atoms with E-state index in [0.29, 0.717) is 16.3 Å². The van der Waals surface area contributed by atoms with Crippen LogP contribution in [0.15, 0.2) is 65.8 Å². The second-order valence-electron chi connectivity index (χ2n) is 5.37. The summed E-state index contributed by atoms with van der Waals surface area (Å²) in [7, 11) is 0. The number of thiophene rings is 1. The Morgan fingerprint density at radius 1 is 1.15 bits per heavy atom. The Morgan fingerprint density at radius 3 is 2.69 bits per heavy atom. The molecule has 1 heterocycles. The molecule has 3 N–H and O–H groups in total. The van der Waals surface area contributed by atoms with E-state index in [-0.39, 0.29) is 18.3 Å². The van der Waals surface area contributed by atoms with E-state index in [4.69, 9.17) is 10.6 Å². The molecular formula is C19H16FN3O2S. The van der Waals surface area contributed by atoms with Gasteiger partial charge in [0.1, 0.15) is 5.82 Å². The van der Waals surface area contributed by atoms with E-state index >= 15 is 0 Å². The highest BCUT2D eigenvalue weighted by atomic mass is 32.1. The summed E-state index contributed by atoms with van der Waals surface area (Å²) in [6.07, 6.45) is 1.50. The van der Waals surface area contributed by atoms with E-state index in [0.717, 1.165) is 10.4 Å². The minimum Gasteiger partial charge on any atom is -0.397 e. The fourth-order valence-electron chi connectivity index (χ4n) is 2.12. The third-order valence-corrected chi connectivity index (χ3v) is 4.51. The number of nitrogens with one attached hydrogen (secondary N) is 1. The van der Waals surface area contributed by atoms with Crippen LogP contribution in [0.2, 0.25) is 0 Å². The third kappa shape index (κ3) is 4.67. The molecule has 2 aromatic carbocycles. The minimum absolute atomic E-state index is 0.228. The van der Waals surface area contributed by atoms with Crippen molar-refractivity contribution < 1.29 is 14.0 Å². The molecule has 0 aliphatic heterocycles. The van der Waals surface area contributed by atoms with E-state index < -0.39 is 0 Å². The Labute approximate surface area is 153 Å². The van der Waals surface area contributed by atoms with Gasteiger partial charge >= 0.3 is 0 Å². The van der Waals surface area contributed by atoms with Crippen LogP contribution in [-0.4, -0.2) is 12.1 Å². The topological polar surface area (TPSA) is 76.7 Å². The van der Waals surface area contributed by atoms with Crippen LogP contribution in [0, 0.1) is 5.82 Å². The van der Waals surface area contributed by atoms with E-state index in [9.17, 15) is 9.18 Å². The molecule has 0 fully saturated rings. The fourth-order valence-corrected chi connectivity index (χ4v) is 2.93. The predicted molar refractivity (Wildman–Crippen MR) is 102 cm³/mol. The summed E-state index contributed by atoms with van der Waals surface area (Å²) in [5.41, 5.74) is 7.64. The highest BCUT2D eigenvalue weighted by Crippen LogP contribution is 2.22. The molecule has 26 heavy (non-hydrogen) atoms. The highest BCUT2D eigenvalue weighted by Gasteiger charge is 2.11. The summed E-state index contributed by atoms with van der Waals surface area (Å²) in [4.78, 5) is 18.9. The maximum atomic E-state index is 12.8. The van der Waals surface area contributed by atoms with E-state index in [1.807, 2.05) is 0 Å². The zero-order valence-corrected chi connectivity index (χ0v) is 14.5. The van der Waals surface area contributed by atoms with Crippen LogP contribution in [0.3, 0.4) is 0 Å². The van der Waals surface area contributed by atoms with Crippen molar-refractivity contribution in [2.45, 2.75) is 6.61 Å². The Morgan fingerprint density at radius 2 is 1.92 bits per heavy atom. The molecule has 0 saturated carbocycles. The number of hydrogen-bond acceptors (Lipinski definition) is 5. The van der Waals surface area contributed by atoms with Crippen molar-refractivity contribution in [2.24, 2.45) is 5.16 Å². The first-order valence-corrected chi connectivity index (χ1v) is 8.59. The number of nitrogens with zero attached hydrogens (tertiary/aromatic N) is 1. The number of carbonyl (C=O) groups is 1. The molecule has 0 unspecified atom stereocenters. The number of nitrogen functional groups attached to an aromatic ring is 1. The maximum Gasteiger partial charge on any atom is 0.265 e. The van der Waals surface area contributed by atoms with Crippen molar-refractivity contribution in [3.8, 4) is 0 Å². The van der Waals surface area contributed by atoms with Gasteiger partial charge in [-0.2, -0.15) is 0 Å². The highest BCUT2D eigenvalue weighted by molar-refractivity contribution is 7.14. The number of halogens is 1. The summed E-state index contributed by atoms with van der Waals surface area (Å²) in [6, 6.07) is 16.5. The number of oxime groups is 1. The van der Waals surface area contributed by atoms with Gasteiger partial charge in [0.2, 0.25) is 0 Å². The normalized spacial score (nSPS) is 10.8. The predicted octanol–water partition coefficient (Wildman–Crippen LogP) is 4.27. The van der Waals surface area contributed by atoms with Gasteiger partial charge in [-0.15, -0.1) is 11.3 Å². The first-order valence-electron chi connectivity index (χ1n) is 7.77. The lowest BCUT2D eigenvalue weighted by molar-refractivity contribution is 0.103.